The minimum atomic E-state index is -1.44. The van der Waals surface area contributed by atoms with Gasteiger partial charge in [-0.05, 0) is 25.0 Å². The molecule has 94 valence electrons. The number of pyridine rings is 1. The SMILES string of the molecule is Cc1cccc(CS(=O)C(C(=O)O)C(C)C)n1. The Morgan fingerprint density at radius 1 is 1.47 bits per heavy atom. The highest BCUT2D eigenvalue weighted by atomic mass is 32.2. The lowest BCUT2D eigenvalue weighted by Crippen LogP contribution is -2.31. The molecule has 0 saturated carbocycles. The molecular weight excluding hydrogens is 238 g/mol. The van der Waals surface area contributed by atoms with Crippen LogP contribution in [-0.4, -0.2) is 25.5 Å². The van der Waals surface area contributed by atoms with Gasteiger partial charge in [-0.2, -0.15) is 0 Å². The van der Waals surface area contributed by atoms with E-state index in [1.165, 1.54) is 0 Å². The number of rotatable bonds is 5. The molecule has 0 aromatic carbocycles. The molecule has 1 N–H and O–H groups in total. The maximum absolute atomic E-state index is 12.0. The predicted molar refractivity (Wildman–Crippen MR) is 67.1 cm³/mol. The van der Waals surface area contributed by atoms with Gasteiger partial charge in [0.05, 0.1) is 11.4 Å². The molecule has 0 saturated heterocycles. The zero-order valence-electron chi connectivity index (χ0n) is 10.2. The summed E-state index contributed by atoms with van der Waals surface area (Å²) < 4.78 is 12.0. The maximum Gasteiger partial charge on any atom is 0.319 e. The predicted octanol–water partition coefficient (Wildman–Crippen LogP) is 1.75. The molecule has 1 aromatic heterocycles. The minimum absolute atomic E-state index is 0.154. The second-order valence-corrected chi connectivity index (χ2v) is 5.86. The molecule has 1 heterocycles. The first-order chi connectivity index (χ1) is 7.91. The van der Waals surface area contributed by atoms with Gasteiger partial charge in [0.15, 0.2) is 0 Å². The second-order valence-electron chi connectivity index (χ2n) is 4.30. The number of carbonyl (C=O) groups is 1. The smallest absolute Gasteiger partial charge is 0.319 e. The first-order valence-electron chi connectivity index (χ1n) is 5.44. The summed E-state index contributed by atoms with van der Waals surface area (Å²) in [6.45, 7) is 5.38. The maximum atomic E-state index is 12.0. The first kappa shape index (κ1) is 13.8. The Labute approximate surface area is 104 Å². The van der Waals surface area contributed by atoms with Crippen molar-refractivity contribution in [2.45, 2.75) is 31.8 Å². The summed E-state index contributed by atoms with van der Waals surface area (Å²) in [5, 5.41) is 8.20. The quantitative estimate of drug-likeness (QED) is 0.870. The minimum Gasteiger partial charge on any atom is -0.480 e. The van der Waals surface area contributed by atoms with Crippen molar-refractivity contribution < 1.29 is 14.1 Å². The number of carboxylic acids is 1. The summed E-state index contributed by atoms with van der Waals surface area (Å²) in [6, 6.07) is 5.45. The monoisotopic (exact) mass is 255 g/mol. The number of carboxylic acid groups (broad SMARTS) is 1. The van der Waals surface area contributed by atoms with Crippen LogP contribution in [-0.2, 0) is 21.3 Å². The molecule has 1 rings (SSSR count). The van der Waals surface area contributed by atoms with Crippen molar-refractivity contribution in [2.75, 3.05) is 0 Å². The average Bonchev–Trinajstić information content (AvgIpc) is 2.15. The Kier molecular flexibility index (Phi) is 4.81. The highest BCUT2D eigenvalue weighted by Gasteiger charge is 2.28. The summed E-state index contributed by atoms with van der Waals surface area (Å²) in [7, 11) is -1.44. The third-order valence-electron chi connectivity index (χ3n) is 2.37. The number of aliphatic carboxylic acids is 1. The second kappa shape index (κ2) is 5.91. The zero-order valence-corrected chi connectivity index (χ0v) is 11.0. The molecule has 17 heavy (non-hydrogen) atoms. The highest BCUT2D eigenvalue weighted by molar-refractivity contribution is 7.85. The Hall–Kier alpha value is -1.23. The van der Waals surface area contributed by atoms with E-state index < -0.39 is 22.0 Å². The fourth-order valence-electron chi connectivity index (χ4n) is 1.62. The molecule has 2 atom stereocenters. The van der Waals surface area contributed by atoms with Gasteiger partial charge >= 0.3 is 5.97 Å². The summed E-state index contributed by atoms with van der Waals surface area (Å²) in [6.07, 6.45) is 0. The summed E-state index contributed by atoms with van der Waals surface area (Å²) >= 11 is 0. The summed E-state index contributed by atoms with van der Waals surface area (Å²) in [5.74, 6) is -0.972. The molecule has 0 aliphatic heterocycles. The molecule has 0 fully saturated rings. The largest absolute Gasteiger partial charge is 0.480 e. The van der Waals surface area contributed by atoms with Gasteiger partial charge < -0.3 is 5.11 Å². The van der Waals surface area contributed by atoms with Gasteiger partial charge in [0, 0.05) is 16.5 Å². The van der Waals surface area contributed by atoms with Gasteiger partial charge in [-0.25, -0.2) is 0 Å². The third-order valence-corrected chi connectivity index (χ3v) is 4.26. The van der Waals surface area contributed by atoms with Crippen LogP contribution in [0, 0.1) is 12.8 Å². The molecule has 1 aromatic rings. The van der Waals surface area contributed by atoms with E-state index >= 15 is 0 Å². The Bertz CT molecular complexity index is 432. The van der Waals surface area contributed by atoms with E-state index in [0.29, 0.717) is 5.69 Å². The van der Waals surface area contributed by atoms with Gasteiger partial charge in [0.1, 0.15) is 5.25 Å². The molecule has 0 aliphatic rings. The van der Waals surface area contributed by atoms with Gasteiger partial charge in [0.25, 0.3) is 0 Å². The number of aromatic nitrogens is 1. The van der Waals surface area contributed by atoms with Crippen molar-refractivity contribution in [1.82, 2.24) is 4.98 Å². The van der Waals surface area contributed by atoms with E-state index in [4.69, 9.17) is 5.11 Å². The van der Waals surface area contributed by atoms with Crippen LogP contribution in [0.2, 0.25) is 0 Å². The van der Waals surface area contributed by atoms with E-state index in [0.717, 1.165) is 5.69 Å². The lowest BCUT2D eigenvalue weighted by atomic mass is 10.1. The van der Waals surface area contributed by atoms with Crippen molar-refractivity contribution >= 4 is 16.8 Å². The van der Waals surface area contributed by atoms with Crippen LogP contribution in [0.25, 0.3) is 0 Å². The normalized spacial score (nSPS) is 14.6. The van der Waals surface area contributed by atoms with Crippen molar-refractivity contribution in [3.05, 3.63) is 29.6 Å². The van der Waals surface area contributed by atoms with Gasteiger partial charge in [-0.15, -0.1) is 0 Å². The van der Waals surface area contributed by atoms with E-state index in [2.05, 4.69) is 4.98 Å². The van der Waals surface area contributed by atoms with Crippen LogP contribution in [0.4, 0.5) is 0 Å². The van der Waals surface area contributed by atoms with Crippen LogP contribution >= 0.6 is 0 Å². The van der Waals surface area contributed by atoms with Crippen molar-refractivity contribution in [3.8, 4) is 0 Å². The molecule has 4 nitrogen and oxygen atoms in total. The third kappa shape index (κ3) is 3.93. The number of aryl methyl sites for hydroxylation is 1. The van der Waals surface area contributed by atoms with E-state index in [1.54, 1.807) is 19.9 Å². The number of nitrogens with zero attached hydrogens (tertiary/aromatic N) is 1. The van der Waals surface area contributed by atoms with Crippen molar-refractivity contribution in [2.24, 2.45) is 5.92 Å². The van der Waals surface area contributed by atoms with E-state index in [-0.39, 0.29) is 11.7 Å². The van der Waals surface area contributed by atoms with Crippen LogP contribution in [0.1, 0.15) is 25.2 Å². The van der Waals surface area contributed by atoms with Crippen molar-refractivity contribution in [1.29, 1.82) is 0 Å². The summed E-state index contributed by atoms with van der Waals surface area (Å²) in [4.78, 5) is 15.3. The summed E-state index contributed by atoms with van der Waals surface area (Å²) in [5.41, 5.74) is 1.52. The standard InChI is InChI=1S/C12H17NO3S/c1-8(2)11(12(14)15)17(16)7-10-6-4-5-9(3)13-10/h4-6,8,11H,7H2,1-3H3,(H,14,15). The van der Waals surface area contributed by atoms with Crippen LogP contribution < -0.4 is 0 Å². The molecule has 0 spiro atoms. The van der Waals surface area contributed by atoms with Crippen molar-refractivity contribution in [3.63, 3.8) is 0 Å². The lowest BCUT2D eigenvalue weighted by molar-refractivity contribution is -0.137. The Balaban J connectivity index is 2.81. The van der Waals surface area contributed by atoms with Gasteiger partial charge in [-0.1, -0.05) is 19.9 Å². The Morgan fingerprint density at radius 2 is 2.12 bits per heavy atom. The number of hydrogen-bond acceptors (Lipinski definition) is 3. The van der Waals surface area contributed by atoms with Gasteiger partial charge in [0.2, 0.25) is 0 Å². The first-order valence-corrected chi connectivity index (χ1v) is 6.82. The molecule has 0 bridgehead atoms. The Morgan fingerprint density at radius 3 is 2.59 bits per heavy atom. The molecule has 0 radical (unpaired) electrons. The van der Waals surface area contributed by atoms with Crippen LogP contribution in [0.5, 0.6) is 0 Å². The van der Waals surface area contributed by atoms with E-state index in [1.807, 2.05) is 19.1 Å². The fourth-order valence-corrected chi connectivity index (χ4v) is 3.08. The van der Waals surface area contributed by atoms with Gasteiger partial charge in [-0.3, -0.25) is 14.0 Å². The topological polar surface area (TPSA) is 67.3 Å². The lowest BCUT2D eigenvalue weighted by Gasteiger charge is -2.15. The average molecular weight is 255 g/mol. The fraction of sp³-hybridized carbons (Fsp3) is 0.500. The molecule has 0 aliphatic carbocycles. The molecule has 0 amide bonds. The molecular formula is C12H17NO3S. The van der Waals surface area contributed by atoms with Crippen LogP contribution in [0.3, 0.4) is 0 Å². The zero-order chi connectivity index (χ0) is 13.0. The molecule has 5 heteroatoms. The highest BCUT2D eigenvalue weighted by Crippen LogP contribution is 2.14. The van der Waals surface area contributed by atoms with Crippen LogP contribution in [0.15, 0.2) is 18.2 Å². The molecule has 2 unspecified atom stereocenters. The van der Waals surface area contributed by atoms with E-state index in [9.17, 15) is 9.00 Å². The number of hydrogen-bond donors (Lipinski definition) is 1.